The highest BCUT2D eigenvalue weighted by atomic mass is 16.5. The zero-order chi connectivity index (χ0) is 19.5. The molecule has 0 N–H and O–H groups in total. The number of esters is 1. The van der Waals surface area contributed by atoms with Crippen LogP contribution in [0.5, 0.6) is 0 Å². The molecule has 1 aliphatic rings. The lowest BCUT2D eigenvalue weighted by atomic mass is 9.97. The fourth-order valence-corrected chi connectivity index (χ4v) is 3.45. The summed E-state index contributed by atoms with van der Waals surface area (Å²) in [5.41, 5.74) is 2.83. The van der Waals surface area contributed by atoms with Gasteiger partial charge in [-0.25, -0.2) is 5.01 Å². The minimum atomic E-state index is -0.484. The number of carbonyl (C=O) groups excluding carboxylic acids is 2. The van der Waals surface area contributed by atoms with E-state index in [-0.39, 0.29) is 18.6 Å². The van der Waals surface area contributed by atoms with Gasteiger partial charge in [0.25, 0.3) is 5.91 Å². The lowest BCUT2D eigenvalue weighted by Gasteiger charge is -2.21. The van der Waals surface area contributed by atoms with E-state index in [1.165, 1.54) is 11.9 Å². The van der Waals surface area contributed by atoms with Crippen molar-refractivity contribution in [1.82, 2.24) is 5.01 Å². The van der Waals surface area contributed by atoms with Crippen LogP contribution in [0, 0.1) is 0 Å². The molecule has 1 atom stereocenters. The van der Waals surface area contributed by atoms with Gasteiger partial charge in [0, 0.05) is 13.3 Å². The van der Waals surface area contributed by atoms with Gasteiger partial charge in [-0.3, -0.25) is 9.59 Å². The molecular weight excluding hydrogens is 352 g/mol. The second-order valence-corrected chi connectivity index (χ2v) is 6.76. The Balaban J connectivity index is 1.67. The molecule has 1 aliphatic heterocycles. The van der Waals surface area contributed by atoms with Crippen LogP contribution in [0.25, 0.3) is 10.8 Å². The van der Waals surface area contributed by atoms with E-state index in [4.69, 9.17) is 4.74 Å². The maximum Gasteiger partial charge on any atom is 0.303 e. The standard InChI is InChI=1S/C23H20N2O3/c1-16(26)28-15-23(27)25-22(18-8-3-2-4-9-18)14-21(24-25)20-12-11-17-7-5-6-10-19(17)13-20/h2-13,22H,14-15H2,1H3/t22-/m1/s1. The van der Waals surface area contributed by atoms with E-state index in [1.807, 2.05) is 48.5 Å². The topological polar surface area (TPSA) is 59.0 Å². The SMILES string of the molecule is CC(=O)OCC(=O)N1N=C(c2ccc3ccccc3c2)C[C@@H]1c1ccccc1. The third kappa shape index (κ3) is 3.64. The third-order valence-corrected chi connectivity index (χ3v) is 4.83. The van der Waals surface area contributed by atoms with E-state index < -0.39 is 5.97 Å². The van der Waals surface area contributed by atoms with E-state index in [2.05, 4.69) is 29.4 Å². The van der Waals surface area contributed by atoms with E-state index >= 15 is 0 Å². The summed E-state index contributed by atoms with van der Waals surface area (Å²) in [5.74, 6) is -0.817. The Morgan fingerprint density at radius 3 is 2.46 bits per heavy atom. The molecule has 0 radical (unpaired) electrons. The summed E-state index contributed by atoms with van der Waals surface area (Å²) < 4.78 is 4.90. The van der Waals surface area contributed by atoms with Gasteiger partial charge in [0.1, 0.15) is 0 Å². The van der Waals surface area contributed by atoms with Crippen molar-refractivity contribution in [3.8, 4) is 0 Å². The van der Waals surface area contributed by atoms with Crippen molar-refractivity contribution in [3.63, 3.8) is 0 Å². The minimum absolute atomic E-state index is 0.217. The normalized spacial score (nSPS) is 16.1. The largest absolute Gasteiger partial charge is 0.456 e. The van der Waals surface area contributed by atoms with Crippen molar-refractivity contribution in [1.29, 1.82) is 0 Å². The van der Waals surface area contributed by atoms with Gasteiger partial charge in [0.05, 0.1) is 11.8 Å². The average Bonchev–Trinajstić information content (AvgIpc) is 3.18. The Bertz CT molecular complexity index is 1060. The average molecular weight is 372 g/mol. The number of hydrazone groups is 1. The smallest absolute Gasteiger partial charge is 0.303 e. The van der Waals surface area contributed by atoms with Crippen molar-refractivity contribution in [2.75, 3.05) is 6.61 Å². The number of amides is 1. The van der Waals surface area contributed by atoms with E-state index in [9.17, 15) is 9.59 Å². The van der Waals surface area contributed by atoms with Crippen molar-refractivity contribution in [2.45, 2.75) is 19.4 Å². The first kappa shape index (κ1) is 17.9. The van der Waals surface area contributed by atoms with Crippen LogP contribution in [0.4, 0.5) is 0 Å². The quantitative estimate of drug-likeness (QED) is 0.649. The van der Waals surface area contributed by atoms with Crippen LogP contribution >= 0.6 is 0 Å². The summed E-state index contributed by atoms with van der Waals surface area (Å²) in [6.07, 6.45) is 0.605. The van der Waals surface area contributed by atoms with Crippen LogP contribution in [0.15, 0.2) is 77.9 Å². The summed E-state index contributed by atoms with van der Waals surface area (Å²) >= 11 is 0. The highest BCUT2D eigenvalue weighted by Crippen LogP contribution is 2.33. The van der Waals surface area contributed by atoms with Crippen molar-refractivity contribution >= 4 is 28.4 Å². The molecule has 3 aromatic carbocycles. The van der Waals surface area contributed by atoms with Crippen molar-refractivity contribution in [2.24, 2.45) is 5.10 Å². The summed E-state index contributed by atoms with van der Waals surface area (Å²) in [7, 11) is 0. The number of hydrogen-bond donors (Lipinski definition) is 0. The number of hydrogen-bond acceptors (Lipinski definition) is 4. The van der Waals surface area contributed by atoms with E-state index in [0.29, 0.717) is 6.42 Å². The second kappa shape index (κ2) is 7.64. The molecular formula is C23H20N2O3. The molecule has 5 nitrogen and oxygen atoms in total. The van der Waals surface area contributed by atoms with Crippen LogP contribution < -0.4 is 0 Å². The summed E-state index contributed by atoms with van der Waals surface area (Å²) in [6.45, 7) is 0.975. The van der Waals surface area contributed by atoms with Gasteiger partial charge in [-0.1, -0.05) is 66.7 Å². The molecule has 140 valence electrons. The summed E-state index contributed by atoms with van der Waals surface area (Å²) in [4.78, 5) is 23.8. The van der Waals surface area contributed by atoms with Gasteiger partial charge in [-0.15, -0.1) is 0 Å². The number of carbonyl (C=O) groups is 2. The Morgan fingerprint density at radius 1 is 1.00 bits per heavy atom. The Morgan fingerprint density at radius 2 is 1.71 bits per heavy atom. The highest BCUT2D eigenvalue weighted by Gasteiger charge is 2.33. The van der Waals surface area contributed by atoms with Gasteiger partial charge in [-0.2, -0.15) is 5.10 Å². The molecule has 0 bridgehead atoms. The first-order valence-electron chi connectivity index (χ1n) is 9.19. The van der Waals surface area contributed by atoms with E-state index in [0.717, 1.165) is 27.6 Å². The first-order valence-corrected chi connectivity index (χ1v) is 9.19. The molecule has 28 heavy (non-hydrogen) atoms. The predicted octanol–water partition coefficient (Wildman–Crippen LogP) is 4.08. The Hall–Kier alpha value is -3.47. The number of rotatable bonds is 4. The van der Waals surface area contributed by atoms with Crippen molar-refractivity contribution < 1.29 is 14.3 Å². The minimum Gasteiger partial charge on any atom is -0.456 e. The Kier molecular flexibility index (Phi) is 4.89. The predicted molar refractivity (Wildman–Crippen MR) is 108 cm³/mol. The Labute approximate surface area is 163 Å². The van der Waals surface area contributed by atoms with Crippen LogP contribution in [-0.2, 0) is 14.3 Å². The fraction of sp³-hybridized carbons (Fsp3) is 0.174. The molecule has 0 aliphatic carbocycles. The monoisotopic (exact) mass is 372 g/mol. The summed E-state index contributed by atoms with van der Waals surface area (Å²) in [5, 5.41) is 8.35. The maximum absolute atomic E-state index is 12.7. The van der Waals surface area contributed by atoms with Gasteiger partial charge in [0.2, 0.25) is 0 Å². The number of fused-ring (bicyclic) bond motifs is 1. The van der Waals surface area contributed by atoms with Gasteiger partial charge in [-0.05, 0) is 28.0 Å². The fourth-order valence-electron chi connectivity index (χ4n) is 3.45. The zero-order valence-electron chi connectivity index (χ0n) is 15.5. The molecule has 4 rings (SSSR count). The molecule has 0 aromatic heterocycles. The van der Waals surface area contributed by atoms with Crippen LogP contribution in [0.1, 0.15) is 30.5 Å². The molecule has 1 heterocycles. The molecule has 0 saturated heterocycles. The van der Waals surface area contributed by atoms with Crippen LogP contribution in [-0.4, -0.2) is 29.2 Å². The number of benzene rings is 3. The molecule has 0 unspecified atom stereocenters. The highest BCUT2D eigenvalue weighted by molar-refractivity contribution is 6.05. The summed E-state index contributed by atoms with van der Waals surface area (Å²) in [6, 6.07) is 23.9. The number of ether oxygens (including phenoxy) is 1. The molecule has 1 amide bonds. The molecule has 0 saturated carbocycles. The first-order chi connectivity index (χ1) is 13.6. The van der Waals surface area contributed by atoms with Gasteiger partial charge < -0.3 is 4.74 Å². The second-order valence-electron chi connectivity index (χ2n) is 6.76. The van der Waals surface area contributed by atoms with Crippen LogP contribution in [0.3, 0.4) is 0 Å². The molecule has 0 spiro atoms. The van der Waals surface area contributed by atoms with Gasteiger partial charge in [0.15, 0.2) is 6.61 Å². The molecule has 5 heteroatoms. The van der Waals surface area contributed by atoms with E-state index in [1.54, 1.807) is 0 Å². The zero-order valence-corrected chi connectivity index (χ0v) is 15.5. The molecule has 3 aromatic rings. The van der Waals surface area contributed by atoms with Gasteiger partial charge >= 0.3 is 5.97 Å². The molecule has 0 fully saturated rings. The number of nitrogens with zero attached hydrogens (tertiary/aromatic N) is 2. The van der Waals surface area contributed by atoms with Crippen LogP contribution in [0.2, 0.25) is 0 Å². The van der Waals surface area contributed by atoms with Crippen molar-refractivity contribution in [3.05, 3.63) is 83.9 Å². The lowest BCUT2D eigenvalue weighted by Crippen LogP contribution is -2.31. The maximum atomic E-state index is 12.7. The lowest BCUT2D eigenvalue weighted by molar-refractivity contribution is -0.151. The third-order valence-electron chi connectivity index (χ3n) is 4.83.